The molecule has 0 aliphatic carbocycles. The summed E-state index contributed by atoms with van der Waals surface area (Å²) in [6.07, 6.45) is -0.649. The lowest BCUT2D eigenvalue weighted by atomic mass is 10.2. The van der Waals surface area contributed by atoms with Crippen molar-refractivity contribution in [3.05, 3.63) is 28.2 Å². The number of H-pyrrole nitrogens is 1. The maximum absolute atomic E-state index is 12.3. The second-order valence-electron chi connectivity index (χ2n) is 6.83. The number of alkyl carbamates (subject to hydrolysis) is 1. The van der Waals surface area contributed by atoms with E-state index in [0.717, 1.165) is 0 Å². The van der Waals surface area contributed by atoms with E-state index >= 15 is 0 Å². The summed E-state index contributed by atoms with van der Waals surface area (Å²) < 4.78 is 5.08. The first kappa shape index (κ1) is 19.4. The van der Waals surface area contributed by atoms with Crippen molar-refractivity contribution in [3.63, 3.8) is 0 Å². The molecule has 10 nitrogen and oxygen atoms in total. The molecule has 26 heavy (non-hydrogen) atoms. The Hall–Kier alpha value is -2.91. The average Bonchev–Trinajstić information content (AvgIpc) is 2.58. The Balaban J connectivity index is 1.79. The second-order valence-corrected chi connectivity index (χ2v) is 6.83. The van der Waals surface area contributed by atoms with Crippen LogP contribution in [0.15, 0.2) is 16.9 Å². The molecule has 0 unspecified atom stereocenters. The molecule has 0 radical (unpaired) electrons. The highest BCUT2D eigenvalue weighted by atomic mass is 16.6. The van der Waals surface area contributed by atoms with Gasteiger partial charge in [-0.1, -0.05) is 0 Å². The maximum atomic E-state index is 12.3. The zero-order chi connectivity index (χ0) is 19.3. The van der Waals surface area contributed by atoms with Crippen LogP contribution in [-0.4, -0.2) is 76.2 Å². The van der Waals surface area contributed by atoms with Crippen LogP contribution in [0.2, 0.25) is 0 Å². The molecule has 1 saturated heterocycles. The molecular weight excluding hydrogens is 342 g/mol. The van der Waals surface area contributed by atoms with Crippen LogP contribution in [0.5, 0.6) is 0 Å². The number of aromatic amines is 1. The normalized spacial score (nSPS) is 14.7. The van der Waals surface area contributed by atoms with Crippen molar-refractivity contribution in [2.24, 2.45) is 0 Å². The fraction of sp³-hybridized carbons (Fsp3) is 0.562. The predicted octanol–water partition coefficient (Wildman–Crippen LogP) is -0.421. The van der Waals surface area contributed by atoms with Crippen molar-refractivity contribution in [1.82, 2.24) is 25.3 Å². The number of hydrogen-bond acceptors (Lipinski definition) is 6. The predicted molar refractivity (Wildman–Crippen MR) is 91.6 cm³/mol. The number of carbonyl (C=O) groups is 3. The van der Waals surface area contributed by atoms with E-state index in [1.54, 1.807) is 30.6 Å². The molecular formula is C16H23N5O5. The van der Waals surface area contributed by atoms with Crippen LogP contribution >= 0.6 is 0 Å². The highest BCUT2D eigenvalue weighted by Gasteiger charge is 2.26. The number of carbonyl (C=O) groups excluding carboxylic acids is 3. The minimum absolute atomic E-state index is 0.149. The number of nitrogens with zero attached hydrogens (tertiary/aromatic N) is 3. The van der Waals surface area contributed by atoms with E-state index in [4.69, 9.17) is 4.74 Å². The molecule has 1 aromatic heterocycles. The summed E-state index contributed by atoms with van der Waals surface area (Å²) in [5.41, 5.74) is -0.861. The SMILES string of the molecule is CC(C)(C)OC(=O)NCC(=O)N1CCN(C(=O)c2ccc(=O)[nH]n2)CC1. The van der Waals surface area contributed by atoms with Crippen LogP contribution in [0.25, 0.3) is 0 Å². The second kappa shape index (κ2) is 7.98. The third-order valence-corrected chi connectivity index (χ3v) is 3.60. The van der Waals surface area contributed by atoms with Gasteiger partial charge in [0, 0.05) is 32.2 Å². The number of rotatable bonds is 3. The summed E-state index contributed by atoms with van der Waals surface area (Å²) >= 11 is 0. The third kappa shape index (κ3) is 5.57. The monoisotopic (exact) mass is 365 g/mol. The summed E-state index contributed by atoms with van der Waals surface area (Å²) in [6, 6.07) is 2.60. The summed E-state index contributed by atoms with van der Waals surface area (Å²) in [6.45, 7) is 6.44. The van der Waals surface area contributed by atoms with Crippen molar-refractivity contribution in [3.8, 4) is 0 Å². The van der Waals surface area contributed by atoms with Crippen molar-refractivity contribution in [2.45, 2.75) is 26.4 Å². The molecule has 10 heteroatoms. The number of amides is 3. The van der Waals surface area contributed by atoms with Gasteiger partial charge in [0.05, 0.1) is 0 Å². The standard InChI is InChI=1S/C16H23N5O5/c1-16(2,3)26-15(25)17-10-13(23)20-6-8-21(9-7-20)14(24)11-4-5-12(22)19-18-11/h4-5H,6-10H2,1-3H3,(H,17,25)(H,19,22). The molecule has 2 rings (SSSR count). The molecule has 142 valence electrons. The Labute approximate surface area is 150 Å². The minimum atomic E-state index is -0.649. The molecule has 0 atom stereocenters. The molecule has 0 spiro atoms. The van der Waals surface area contributed by atoms with Gasteiger partial charge in [0.25, 0.3) is 11.5 Å². The van der Waals surface area contributed by atoms with Crippen LogP contribution in [0.3, 0.4) is 0 Å². The van der Waals surface area contributed by atoms with Gasteiger partial charge in [-0.15, -0.1) is 0 Å². The Morgan fingerprint density at radius 3 is 2.31 bits per heavy atom. The Kier molecular flexibility index (Phi) is 5.96. The van der Waals surface area contributed by atoms with Crippen molar-refractivity contribution < 1.29 is 19.1 Å². The largest absolute Gasteiger partial charge is 0.444 e. The lowest BCUT2D eigenvalue weighted by molar-refractivity contribution is -0.131. The lowest BCUT2D eigenvalue weighted by Crippen LogP contribution is -2.53. The minimum Gasteiger partial charge on any atom is -0.444 e. The number of nitrogens with one attached hydrogen (secondary N) is 2. The first-order chi connectivity index (χ1) is 12.2. The van der Waals surface area contributed by atoms with E-state index in [0.29, 0.717) is 26.2 Å². The third-order valence-electron chi connectivity index (χ3n) is 3.60. The van der Waals surface area contributed by atoms with Gasteiger partial charge in [-0.25, -0.2) is 9.89 Å². The first-order valence-corrected chi connectivity index (χ1v) is 8.25. The molecule has 0 bridgehead atoms. The molecule has 1 fully saturated rings. The van der Waals surface area contributed by atoms with Gasteiger partial charge in [-0.3, -0.25) is 14.4 Å². The van der Waals surface area contributed by atoms with Crippen molar-refractivity contribution in [2.75, 3.05) is 32.7 Å². The first-order valence-electron chi connectivity index (χ1n) is 8.25. The van der Waals surface area contributed by atoms with Gasteiger partial charge in [0.15, 0.2) is 0 Å². The summed E-state index contributed by atoms with van der Waals surface area (Å²) in [7, 11) is 0. The Morgan fingerprint density at radius 2 is 1.77 bits per heavy atom. The van der Waals surface area contributed by atoms with Gasteiger partial charge in [0.1, 0.15) is 17.8 Å². The van der Waals surface area contributed by atoms with Crippen LogP contribution in [0.4, 0.5) is 4.79 Å². The van der Waals surface area contributed by atoms with Gasteiger partial charge in [0.2, 0.25) is 5.91 Å². The van der Waals surface area contributed by atoms with Crippen LogP contribution in [-0.2, 0) is 9.53 Å². The topological polar surface area (TPSA) is 125 Å². The van der Waals surface area contributed by atoms with E-state index in [-0.39, 0.29) is 29.6 Å². The number of hydrogen-bond donors (Lipinski definition) is 2. The number of aromatic nitrogens is 2. The fourth-order valence-corrected chi connectivity index (χ4v) is 2.36. The lowest BCUT2D eigenvalue weighted by Gasteiger charge is -2.34. The number of ether oxygens (including phenoxy) is 1. The molecule has 3 amide bonds. The van der Waals surface area contributed by atoms with Crippen LogP contribution in [0.1, 0.15) is 31.3 Å². The van der Waals surface area contributed by atoms with Gasteiger partial charge in [-0.2, -0.15) is 5.10 Å². The zero-order valence-corrected chi connectivity index (χ0v) is 15.1. The Morgan fingerprint density at radius 1 is 1.15 bits per heavy atom. The Bertz CT molecular complexity index is 711. The molecule has 0 aromatic carbocycles. The molecule has 0 saturated carbocycles. The van der Waals surface area contributed by atoms with Crippen molar-refractivity contribution in [1.29, 1.82) is 0 Å². The van der Waals surface area contributed by atoms with Crippen LogP contribution < -0.4 is 10.9 Å². The van der Waals surface area contributed by atoms with Crippen molar-refractivity contribution >= 4 is 17.9 Å². The molecule has 1 aliphatic heterocycles. The zero-order valence-electron chi connectivity index (χ0n) is 15.1. The molecule has 2 N–H and O–H groups in total. The van der Waals surface area contributed by atoms with Crippen LogP contribution in [0, 0.1) is 0 Å². The van der Waals surface area contributed by atoms with E-state index in [1.807, 2.05) is 0 Å². The van der Waals surface area contributed by atoms with Gasteiger partial charge < -0.3 is 19.9 Å². The average molecular weight is 365 g/mol. The summed E-state index contributed by atoms with van der Waals surface area (Å²) in [5.74, 6) is -0.551. The smallest absolute Gasteiger partial charge is 0.408 e. The quantitative estimate of drug-likeness (QED) is 0.749. The van der Waals surface area contributed by atoms with E-state index in [2.05, 4.69) is 15.5 Å². The maximum Gasteiger partial charge on any atom is 0.408 e. The summed E-state index contributed by atoms with van der Waals surface area (Å²) in [4.78, 5) is 50.2. The van der Waals surface area contributed by atoms with E-state index < -0.39 is 11.7 Å². The van der Waals surface area contributed by atoms with E-state index in [9.17, 15) is 19.2 Å². The molecule has 1 aromatic rings. The van der Waals surface area contributed by atoms with Gasteiger partial charge in [-0.05, 0) is 26.8 Å². The highest BCUT2D eigenvalue weighted by Crippen LogP contribution is 2.08. The number of piperazine rings is 1. The van der Waals surface area contributed by atoms with E-state index in [1.165, 1.54) is 12.1 Å². The molecule has 1 aliphatic rings. The summed E-state index contributed by atoms with van der Waals surface area (Å²) in [5, 5.41) is 8.36. The fourth-order valence-electron chi connectivity index (χ4n) is 2.36. The van der Waals surface area contributed by atoms with Gasteiger partial charge >= 0.3 is 6.09 Å². The molecule has 2 heterocycles. The highest BCUT2D eigenvalue weighted by molar-refractivity contribution is 5.92.